The van der Waals surface area contributed by atoms with Crippen molar-refractivity contribution in [1.82, 2.24) is 10.6 Å². The molecule has 2 nitrogen and oxygen atoms in total. The minimum Gasteiger partial charge on any atom is -0.363 e. The molecular weight excluding hydrogens is 216 g/mol. The maximum Gasteiger partial charge on any atom is 0.166 e. The van der Waals surface area contributed by atoms with Gasteiger partial charge >= 0.3 is 0 Å². The van der Waals surface area contributed by atoms with Gasteiger partial charge in [-0.05, 0) is 36.7 Å². The molecule has 88 valence electrons. The zero-order valence-electron chi connectivity index (χ0n) is 10.0. The molecule has 0 unspecified atom stereocenters. The lowest BCUT2D eigenvalue weighted by Crippen LogP contribution is -2.35. The van der Waals surface area contributed by atoms with Gasteiger partial charge in [0.25, 0.3) is 0 Å². The Morgan fingerprint density at radius 2 is 2.00 bits per heavy atom. The predicted molar refractivity (Wildman–Crippen MR) is 73.5 cm³/mol. The predicted octanol–water partition coefficient (Wildman–Crippen LogP) is 2.76. The van der Waals surface area contributed by atoms with Crippen molar-refractivity contribution < 1.29 is 0 Å². The molecule has 0 saturated heterocycles. The fourth-order valence-electron chi connectivity index (χ4n) is 1.43. The van der Waals surface area contributed by atoms with Gasteiger partial charge in [0.15, 0.2) is 5.11 Å². The number of nitrogens with one attached hydrogen (secondary N) is 2. The van der Waals surface area contributed by atoms with Crippen LogP contribution in [0.15, 0.2) is 24.3 Å². The summed E-state index contributed by atoms with van der Waals surface area (Å²) in [5, 5.41) is 7.16. The van der Waals surface area contributed by atoms with Crippen molar-refractivity contribution in [2.24, 2.45) is 0 Å². The number of hydrogen-bond donors (Lipinski definition) is 2. The zero-order chi connectivity index (χ0) is 11.8. The van der Waals surface area contributed by atoms with E-state index in [-0.39, 0.29) is 0 Å². The van der Waals surface area contributed by atoms with Crippen LogP contribution in [0.5, 0.6) is 0 Å². The first-order valence-electron chi connectivity index (χ1n) is 5.80. The summed E-state index contributed by atoms with van der Waals surface area (Å²) in [6, 6.07) is 8.34. The van der Waals surface area contributed by atoms with Gasteiger partial charge in [0, 0.05) is 13.1 Å². The molecule has 0 heterocycles. The Morgan fingerprint density at radius 3 is 2.69 bits per heavy atom. The summed E-state index contributed by atoms with van der Waals surface area (Å²) in [5.74, 6) is 0. The maximum absolute atomic E-state index is 5.19. The largest absolute Gasteiger partial charge is 0.363 e. The highest BCUT2D eigenvalue weighted by atomic mass is 32.1. The molecule has 0 radical (unpaired) electrons. The lowest BCUT2D eigenvalue weighted by Gasteiger charge is -2.11. The molecule has 16 heavy (non-hydrogen) atoms. The van der Waals surface area contributed by atoms with E-state index in [0.29, 0.717) is 0 Å². The number of rotatable bonds is 5. The highest BCUT2D eigenvalue weighted by Crippen LogP contribution is 2.05. The smallest absolute Gasteiger partial charge is 0.166 e. The second-order valence-corrected chi connectivity index (χ2v) is 4.30. The lowest BCUT2D eigenvalue weighted by atomic mass is 10.1. The summed E-state index contributed by atoms with van der Waals surface area (Å²) in [7, 11) is 0. The van der Waals surface area contributed by atoms with Gasteiger partial charge in [-0.2, -0.15) is 0 Å². The summed E-state index contributed by atoms with van der Waals surface area (Å²) in [6.45, 7) is 6.04. The van der Waals surface area contributed by atoms with Gasteiger partial charge in [0.2, 0.25) is 0 Å². The molecule has 0 amide bonds. The Hall–Kier alpha value is -1.09. The lowest BCUT2D eigenvalue weighted by molar-refractivity contribution is 0.738. The normalized spacial score (nSPS) is 9.88. The maximum atomic E-state index is 5.19. The van der Waals surface area contributed by atoms with Crippen molar-refractivity contribution in [1.29, 1.82) is 0 Å². The van der Waals surface area contributed by atoms with Crippen LogP contribution in [0.2, 0.25) is 0 Å². The molecule has 0 aromatic heterocycles. The monoisotopic (exact) mass is 236 g/mol. The van der Waals surface area contributed by atoms with Crippen LogP contribution >= 0.6 is 12.2 Å². The summed E-state index contributed by atoms with van der Waals surface area (Å²) in [6.07, 6.45) is 2.35. The molecule has 2 N–H and O–H groups in total. The van der Waals surface area contributed by atoms with Gasteiger partial charge in [0.1, 0.15) is 0 Å². The molecule has 0 bridgehead atoms. The van der Waals surface area contributed by atoms with Crippen molar-refractivity contribution in [3.05, 3.63) is 35.4 Å². The van der Waals surface area contributed by atoms with Crippen LogP contribution in [0.4, 0.5) is 0 Å². The molecule has 1 aromatic rings. The van der Waals surface area contributed by atoms with Crippen LogP contribution in [0.25, 0.3) is 0 Å². The Labute approximate surface area is 103 Å². The first kappa shape index (κ1) is 13.0. The number of aryl methyl sites for hydroxylation is 1. The highest BCUT2D eigenvalue weighted by molar-refractivity contribution is 7.80. The molecule has 3 heteroatoms. The average Bonchev–Trinajstić information content (AvgIpc) is 2.28. The van der Waals surface area contributed by atoms with Crippen molar-refractivity contribution in [3.63, 3.8) is 0 Å². The number of hydrogen-bond acceptors (Lipinski definition) is 1. The SMILES string of the molecule is CCCCNC(=S)NCc1ccccc1C. The first-order valence-corrected chi connectivity index (χ1v) is 6.21. The number of thiocarbonyl (C=S) groups is 1. The van der Waals surface area contributed by atoms with Gasteiger partial charge in [-0.3, -0.25) is 0 Å². The van der Waals surface area contributed by atoms with Crippen molar-refractivity contribution in [3.8, 4) is 0 Å². The summed E-state index contributed by atoms with van der Waals surface area (Å²) >= 11 is 5.19. The highest BCUT2D eigenvalue weighted by Gasteiger charge is 1.98. The van der Waals surface area contributed by atoms with Crippen LogP contribution in [0.3, 0.4) is 0 Å². The van der Waals surface area contributed by atoms with Crippen LogP contribution < -0.4 is 10.6 Å². The van der Waals surface area contributed by atoms with E-state index in [1.54, 1.807) is 0 Å². The molecule has 0 fully saturated rings. The number of benzene rings is 1. The zero-order valence-corrected chi connectivity index (χ0v) is 10.9. The summed E-state index contributed by atoms with van der Waals surface area (Å²) in [4.78, 5) is 0. The van der Waals surface area contributed by atoms with Gasteiger partial charge in [-0.25, -0.2) is 0 Å². The van der Waals surface area contributed by atoms with Crippen LogP contribution in [-0.2, 0) is 6.54 Å². The number of unbranched alkanes of at least 4 members (excludes halogenated alkanes) is 1. The van der Waals surface area contributed by atoms with Crippen molar-refractivity contribution >= 4 is 17.3 Å². The molecular formula is C13H20N2S. The van der Waals surface area contributed by atoms with E-state index in [0.717, 1.165) is 24.6 Å². The Morgan fingerprint density at radius 1 is 1.25 bits per heavy atom. The molecule has 0 aliphatic heterocycles. The van der Waals surface area contributed by atoms with E-state index in [1.807, 2.05) is 0 Å². The molecule has 1 aromatic carbocycles. The summed E-state index contributed by atoms with van der Waals surface area (Å²) in [5.41, 5.74) is 2.59. The fourth-order valence-corrected chi connectivity index (χ4v) is 1.60. The minimum atomic E-state index is 0.747. The first-order chi connectivity index (χ1) is 7.74. The Kier molecular flexibility index (Phi) is 5.86. The van der Waals surface area contributed by atoms with Gasteiger partial charge in [-0.1, -0.05) is 37.6 Å². The van der Waals surface area contributed by atoms with E-state index in [2.05, 4.69) is 48.7 Å². The van der Waals surface area contributed by atoms with E-state index >= 15 is 0 Å². The molecule has 0 spiro atoms. The van der Waals surface area contributed by atoms with Crippen LogP contribution in [-0.4, -0.2) is 11.7 Å². The standard InChI is InChI=1S/C13H20N2S/c1-3-4-9-14-13(16)15-10-12-8-6-5-7-11(12)2/h5-8H,3-4,9-10H2,1-2H3,(H2,14,15,16). The van der Waals surface area contributed by atoms with Gasteiger partial charge in [-0.15, -0.1) is 0 Å². The van der Waals surface area contributed by atoms with Gasteiger partial charge < -0.3 is 10.6 Å². The second kappa shape index (κ2) is 7.23. The van der Waals surface area contributed by atoms with Crippen LogP contribution in [0, 0.1) is 6.92 Å². The Balaban J connectivity index is 2.29. The third-order valence-corrected chi connectivity index (χ3v) is 2.81. The van der Waals surface area contributed by atoms with Crippen LogP contribution in [0.1, 0.15) is 30.9 Å². The molecule has 0 aliphatic carbocycles. The van der Waals surface area contributed by atoms with E-state index < -0.39 is 0 Å². The third-order valence-electron chi connectivity index (χ3n) is 2.52. The van der Waals surface area contributed by atoms with E-state index in [9.17, 15) is 0 Å². The fraction of sp³-hybridized carbons (Fsp3) is 0.462. The molecule has 0 aliphatic rings. The molecule has 1 rings (SSSR count). The minimum absolute atomic E-state index is 0.747. The third kappa shape index (κ3) is 4.62. The Bertz CT molecular complexity index is 336. The topological polar surface area (TPSA) is 24.1 Å². The van der Waals surface area contributed by atoms with Crippen molar-refractivity contribution in [2.45, 2.75) is 33.2 Å². The van der Waals surface area contributed by atoms with Crippen molar-refractivity contribution in [2.75, 3.05) is 6.54 Å². The van der Waals surface area contributed by atoms with E-state index in [4.69, 9.17) is 12.2 Å². The molecule has 0 saturated carbocycles. The molecule has 0 atom stereocenters. The second-order valence-electron chi connectivity index (χ2n) is 3.89. The average molecular weight is 236 g/mol. The van der Waals surface area contributed by atoms with Gasteiger partial charge in [0.05, 0.1) is 0 Å². The van der Waals surface area contributed by atoms with E-state index in [1.165, 1.54) is 17.5 Å². The summed E-state index contributed by atoms with van der Waals surface area (Å²) < 4.78 is 0. The quantitative estimate of drug-likeness (QED) is 0.607.